The SMILES string of the molecule is CC1=CCC(CC2=CNCN2)OC1. The Hall–Kier alpha value is -0.960. The summed E-state index contributed by atoms with van der Waals surface area (Å²) in [6, 6.07) is 0. The molecular weight excluding hydrogens is 164 g/mol. The van der Waals surface area contributed by atoms with Crippen LogP contribution in [0.15, 0.2) is 23.5 Å². The van der Waals surface area contributed by atoms with Crippen molar-refractivity contribution in [3.05, 3.63) is 23.5 Å². The van der Waals surface area contributed by atoms with Crippen molar-refractivity contribution < 1.29 is 4.74 Å². The molecule has 2 rings (SSSR count). The van der Waals surface area contributed by atoms with Crippen LogP contribution in [0.4, 0.5) is 0 Å². The maximum absolute atomic E-state index is 5.68. The van der Waals surface area contributed by atoms with Gasteiger partial charge in [0.15, 0.2) is 0 Å². The van der Waals surface area contributed by atoms with Crippen LogP contribution >= 0.6 is 0 Å². The zero-order chi connectivity index (χ0) is 9.10. The average molecular weight is 180 g/mol. The number of hydrogen-bond donors (Lipinski definition) is 2. The smallest absolute Gasteiger partial charge is 0.0843 e. The summed E-state index contributed by atoms with van der Waals surface area (Å²) in [6.07, 6.45) is 6.72. The summed E-state index contributed by atoms with van der Waals surface area (Å²) in [5, 5.41) is 6.39. The maximum Gasteiger partial charge on any atom is 0.0843 e. The van der Waals surface area contributed by atoms with Crippen molar-refractivity contribution in [3.63, 3.8) is 0 Å². The molecule has 0 fully saturated rings. The highest BCUT2D eigenvalue weighted by molar-refractivity contribution is 5.08. The first kappa shape index (κ1) is 8.63. The van der Waals surface area contributed by atoms with Gasteiger partial charge in [-0.25, -0.2) is 0 Å². The lowest BCUT2D eigenvalue weighted by molar-refractivity contribution is 0.0617. The first-order valence-electron chi connectivity index (χ1n) is 4.78. The van der Waals surface area contributed by atoms with E-state index in [1.54, 1.807) is 0 Å². The van der Waals surface area contributed by atoms with Gasteiger partial charge >= 0.3 is 0 Å². The minimum absolute atomic E-state index is 0.363. The molecule has 0 amide bonds. The molecule has 0 aliphatic carbocycles. The number of hydrogen-bond acceptors (Lipinski definition) is 3. The Labute approximate surface area is 78.8 Å². The molecule has 0 bridgehead atoms. The van der Waals surface area contributed by atoms with E-state index in [-0.39, 0.29) is 0 Å². The van der Waals surface area contributed by atoms with Crippen molar-refractivity contribution in [3.8, 4) is 0 Å². The van der Waals surface area contributed by atoms with Gasteiger partial charge in [0.2, 0.25) is 0 Å². The van der Waals surface area contributed by atoms with Crippen molar-refractivity contribution in [2.24, 2.45) is 0 Å². The third-order valence-electron chi connectivity index (χ3n) is 2.42. The van der Waals surface area contributed by atoms with Crippen molar-refractivity contribution >= 4 is 0 Å². The summed E-state index contributed by atoms with van der Waals surface area (Å²) in [7, 11) is 0. The number of ether oxygens (including phenoxy) is 1. The van der Waals surface area contributed by atoms with Crippen LogP contribution in [0.25, 0.3) is 0 Å². The third kappa shape index (κ3) is 2.25. The van der Waals surface area contributed by atoms with Gasteiger partial charge in [-0.3, -0.25) is 0 Å². The van der Waals surface area contributed by atoms with Crippen molar-refractivity contribution in [2.75, 3.05) is 13.3 Å². The molecule has 2 N–H and O–H groups in total. The van der Waals surface area contributed by atoms with E-state index < -0.39 is 0 Å². The second-order valence-electron chi connectivity index (χ2n) is 3.65. The summed E-state index contributed by atoms with van der Waals surface area (Å²) in [5.74, 6) is 0. The van der Waals surface area contributed by atoms with Crippen LogP contribution in [0.5, 0.6) is 0 Å². The van der Waals surface area contributed by atoms with Crippen LogP contribution in [-0.4, -0.2) is 19.4 Å². The fraction of sp³-hybridized carbons (Fsp3) is 0.600. The second-order valence-corrected chi connectivity index (χ2v) is 3.65. The topological polar surface area (TPSA) is 33.3 Å². The van der Waals surface area contributed by atoms with Crippen LogP contribution in [0, 0.1) is 0 Å². The summed E-state index contributed by atoms with van der Waals surface area (Å²) < 4.78 is 5.68. The predicted molar refractivity (Wildman–Crippen MR) is 52.0 cm³/mol. The van der Waals surface area contributed by atoms with Crippen LogP contribution in [0.1, 0.15) is 19.8 Å². The number of nitrogens with one attached hydrogen (secondary N) is 2. The zero-order valence-corrected chi connectivity index (χ0v) is 7.97. The lowest BCUT2D eigenvalue weighted by Crippen LogP contribution is -2.22. The molecule has 0 saturated carbocycles. The molecule has 3 nitrogen and oxygen atoms in total. The van der Waals surface area contributed by atoms with E-state index in [1.807, 2.05) is 6.20 Å². The molecule has 2 heterocycles. The molecule has 1 unspecified atom stereocenters. The molecule has 0 aromatic carbocycles. The first-order valence-corrected chi connectivity index (χ1v) is 4.78. The van der Waals surface area contributed by atoms with E-state index in [2.05, 4.69) is 23.6 Å². The molecule has 0 radical (unpaired) electrons. The highest BCUT2D eigenvalue weighted by Crippen LogP contribution is 2.17. The third-order valence-corrected chi connectivity index (χ3v) is 2.42. The summed E-state index contributed by atoms with van der Waals surface area (Å²) in [4.78, 5) is 0. The summed E-state index contributed by atoms with van der Waals surface area (Å²) >= 11 is 0. The van der Waals surface area contributed by atoms with Gasteiger partial charge in [0.05, 0.1) is 19.4 Å². The van der Waals surface area contributed by atoms with E-state index in [9.17, 15) is 0 Å². The largest absolute Gasteiger partial charge is 0.373 e. The Bertz CT molecular complexity index is 245. The Morgan fingerprint density at radius 1 is 1.62 bits per heavy atom. The highest BCUT2D eigenvalue weighted by atomic mass is 16.5. The molecule has 3 heteroatoms. The van der Waals surface area contributed by atoms with Gasteiger partial charge in [-0.05, 0) is 13.3 Å². The molecule has 72 valence electrons. The van der Waals surface area contributed by atoms with Gasteiger partial charge in [-0.1, -0.05) is 11.6 Å². The molecule has 2 aliphatic heterocycles. The molecule has 2 aliphatic rings. The molecule has 1 atom stereocenters. The molecule has 0 aromatic rings. The van der Waals surface area contributed by atoms with Crippen LogP contribution in [-0.2, 0) is 4.74 Å². The van der Waals surface area contributed by atoms with E-state index in [4.69, 9.17) is 4.74 Å². The Balaban J connectivity index is 1.82. The standard InChI is InChI=1S/C10H16N2O/c1-8-2-3-10(13-6-8)4-9-5-11-7-12-9/h2,5,10-12H,3-4,6-7H2,1H3. The molecule has 13 heavy (non-hydrogen) atoms. The lowest BCUT2D eigenvalue weighted by atomic mass is 10.1. The van der Waals surface area contributed by atoms with Crippen LogP contribution in [0.3, 0.4) is 0 Å². The van der Waals surface area contributed by atoms with Gasteiger partial charge < -0.3 is 15.4 Å². The average Bonchev–Trinajstić information content (AvgIpc) is 2.62. The monoisotopic (exact) mass is 180 g/mol. The fourth-order valence-corrected chi connectivity index (χ4v) is 1.62. The lowest BCUT2D eigenvalue weighted by Gasteiger charge is -2.21. The van der Waals surface area contributed by atoms with E-state index in [1.165, 1.54) is 11.3 Å². The molecule has 0 spiro atoms. The van der Waals surface area contributed by atoms with Crippen LogP contribution < -0.4 is 10.6 Å². The predicted octanol–water partition coefficient (Wildman–Crippen LogP) is 1.10. The van der Waals surface area contributed by atoms with Gasteiger partial charge in [-0.2, -0.15) is 0 Å². The summed E-state index contributed by atoms with van der Waals surface area (Å²) in [5.41, 5.74) is 2.61. The Morgan fingerprint density at radius 2 is 2.54 bits per heavy atom. The van der Waals surface area contributed by atoms with Gasteiger partial charge in [0.25, 0.3) is 0 Å². The normalized spacial score (nSPS) is 27.3. The first-order chi connectivity index (χ1) is 6.34. The maximum atomic E-state index is 5.68. The minimum atomic E-state index is 0.363. The highest BCUT2D eigenvalue weighted by Gasteiger charge is 2.15. The second kappa shape index (κ2) is 3.83. The molecular formula is C10H16N2O. The quantitative estimate of drug-likeness (QED) is 0.624. The Kier molecular flexibility index (Phi) is 2.54. The Morgan fingerprint density at radius 3 is 3.15 bits per heavy atom. The van der Waals surface area contributed by atoms with Crippen molar-refractivity contribution in [1.29, 1.82) is 0 Å². The van der Waals surface area contributed by atoms with Crippen molar-refractivity contribution in [2.45, 2.75) is 25.9 Å². The fourth-order valence-electron chi connectivity index (χ4n) is 1.62. The van der Waals surface area contributed by atoms with Gasteiger partial charge in [0.1, 0.15) is 0 Å². The molecule has 0 saturated heterocycles. The minimum Gasteiger partial charge on any atom is -0.373 e. The van der Waals surface area contributed by atoms with Crippen LogP contribution in [0.2, 0.25) is 0 Å². The van der Waals surface area contributed by atoms with Gasteiger partial charge in [0, 0.05) is 18.3 Å². The van der Waals surface area contributed by atoms with Gasteiger partial charge in [-0.15, -0.1) is 0 Å². The van der Waals surface area contributed by atoms with E-state index in [0.29, 0.717) is 6.10 Å². The molecule has 0 aromatic heterocycles. The summed E-state index contributed by atoms with van der Waals surface area (Å²) in [6.45, 7) is 3.77. The zero-order valence-electron chi connectivity index (χ0n) is 7.97. The van der Waals surface area contributed by atoms with E-state index >= 15 is 0 Å². The van der Waals surface area contributed by atoms with E-state index in [0.717, 1.165) is 26.1 Å². The number of rotatable bonds is 2. The van der Waals surface area contributed by atoms with Crippen molar-refractivity contribution in [1.82, 2.24) is 10.6 Å².